The number of aromatic nitrogens is 2. The third kappa shape index (κ3) is 0.957. The van der Waals surface area contributed by atoms with Crippen molar-refractivity contribution in [2.24, 2.45) is 7.05 Å². The molecular weight excluding hydrogens is 178 g/mol. The minimum atomic E-state index is -0.817. The summed E-state index contributed by atoms with van der Waals surface area (Å²) in [6.45, 7) is 1.10. The number of halogens is 1. The largest absolute Gasteiger partial charge is 0.381 e. The number of aliphatic hydroxyl groups is 1. The SMILES string of the molecule is Cn1ncc(Cl)c1C1(O)CNC1. The van der Waals surface area contributed by atoms with Crippen LogP contribution in [0.3, 0.4) is 0 Å². The molecular formula is C7H10ClN3O. The van der Waals surface area contributed by atoms with E-state index in [4.69, 9.17) is 11.6 Å². The maximum absolute atomic E-state index is 9.92. The van der Waals surface area contributed by atoms with Crippen LogP contribution in [-0.2, 0) is 12.6 Å². The molecule has 0 unspecified atom stereocenters. The lowest BCUT2D eigenvalue weighted by atomic mass is 9.93. The number of nitrogens with one attached hydrogen (secondary N) is 1. The van der Waals surface area contributed by atoms with E-state index in [9.17, 15) is 5.11 Å². The van der Waals surface area contributed by atoms with E-state index in [2.05, 4.69) is 10.4 Å². The van der Waals surface area contributed by atoms with E-state index in [1.807, 2.05) is 0 Å². The van der Waals surface area contributed by atoms with Gasteiger partial charge >= 0.3 is 0 Å². The van der Waals surface area contributed by atoms with Gasteiger partial charge in [0.1, 0.15) is 5.60 Å². The Morgan fingerprint density at radius 2 is 2.42 bits per heavy atom. The van der Waals surface area contributed by atoms with Gasteiger partial charge in [-0.05, 0) is 0 Å². The van der Waals surface area contributed by atoms with Gasteiger partial charge in [-0.25, -0.2) is 0 Å². The summed E-state index contributed by atoms with van der Waals surface area (Å²) >= 11 is 5.87. The average Bonchev–Trinajstić information content (AvgIpc) is 2.27. The lowest BCUT2D eigenvalue weighted by Gasteiger charge is -2.37. The quantitative estimate of drug-likeness (QED) is 0.644. The number of rotatable bonds is 1. The van der Waals surface area contributed by atoms with Crippen LogP contribution in [0, 0.1) is 0 Å². The summed E-state index contributed by atoms with van der Waals surface area (Å²) in [7, 11) is 1.78. The third-order valence-corrected chi connectivity index (χ3v) is 2.45. The van der Waals surface area contributed by atoms with Gasteiger partial charge in [-0.3, -0.25) is 4.68 Å². The highest BCUT2D eigenvalue weighted by atomic mass is 35.5. The van der Waals surface area contributed by atoms with Gasteiger partial charge in [0.05, 0.1) is 16.9 Å². The molecule has 0 amide bonds. The van der Waals surface area contributed by atoms with Crippen LogP contribution in [0.5, 0.6) is 0 Å². The Morgan fingerprint density at radius 3 is 2.75 bits per heavy atom. The average molecular weight is 188 g/mol. The molecule has 1 aromatic heterocycles. The maximum atomic E-state index is 9.92. The molecule has 1 aliphatic rings. The molecule has 66 valence electrons. The van der Waals surface area contributed by atoms with E-state index >= 15 is 0 Å². The van der Waals surface area contributed by atoms with Crippen molar-refractivity contribution in [2.75, 3.05) is 13.1 Å². The van der Waals surface area contributed by atoms with E-state index in [-0.39, 0.29) is 0 Å². The topological polar surface area (TPSA) is 50.1 Å². The molecule has 0 spiro atoms. The first-order valence-corrected chi connectivity index (χ1v) is 4.12. The predicted molar refractivity (Wildman–Crippen MR) is 45.0 cm³/mol. The van der Waals surface area contributed by atoms with Crippen LogP contribution >= 0.6 is 11.6 Å². The first-order valence-electron chi connectivity index (χ1n) is 3.74. The second-order valence-corrected chi connectivity index (χ2v) is 3.51. The van der Waals surface area contributed by atoms with Crippen molar-refractivity contribution in [1.29, 1.82) is 0 Å². The zero-order valence-corrected chi connectivity index (χ0v) is 7.47. The molecule has 0 bridgehead atoms. The summed E-state index contributed by atoms with van der Waals surface area (Å²) in [4.78, 5) is 0. The summed E-state index contributed by atoms with van der Waals surface area (Å²) in [6.07, 6.45) is 1.55. The fourth-order valence-corrected chi connectivity index (χ4v) is 1.81. The fraction of sp³-hybridized carbons (Fsp3) is 0.571. The molecule has 0 aliphatic carbocycles. The Bertz CT molecular complexity index is 286. The number of β-amino-alcohol motifs (C(OH)–C–C–N with tert-alkyl or cyclic N) is 1. The molecule has 1 aliphatic heterocycles. The van der Waals surface area contributed by atoms with Crippen molar-refractivity contribution in [2.45, 2.75) is 5.60 Å². The van der Waals surface area contributed by atoms with E-state index in [0.29, 0.717) is 23.8 Å². The highest BCUT2D eigenvalue weighted by molar-refractivity contribution is 6.31. The van der Waals surface area contributed by atoms with Crippen molar-refractivity contribution in [3.63, 3.8) is 0 Å². The van der Waals surface area contributed by atoms with Crippen molar-refractivity contribution >= 4 is 11.6 Å². The summed E-state index contributed by atoms with van der Waals surface area (Å²) in [6, 6.07) is 0. The van der Waals surface area contributed by atoms with Crippen LogP contribution < -0.4 is 5.32 Å². The van der Waals surface area contributed by atoms with Gasteiger partial charge in [-0.2, -0.15) is 5.10 Å². The van der Waals surface area contributed by atoms with E-state index < -0.39 is 5.60 Å². The minimum Gasteiger partial charge on any atom is -0.381 e. The van der Waals surface area contributed by atoms with Gasteiger partial charge in [0, 0.05) is 20.1 Å². The molecule has 1 aromatic rings. The summed E-state index contributed by atoms with van der Waals surface area (Å²) in [5.41, 5.74) is -0.120. The van der Waals surface area contributed by atoms with E-state index in [1.165, 1.54) is 0 Å². The Morgan fingerprint density at radius 1 is 1.75 bits per heavy atom. The van der Waals surface area contributed by atoms with Crippen molar-refractivity contribution < 1.29 is 5.11 Å². The zero-order chi connectivity index (χ0) is 8.77. The minimum absolute atomic E-state index is 0.529. The van der Waals surface area contributed by atoms with Crippen molar-refractivity contribution in [3.05, 3.63) is 16.9 Å². The van der Waals surface area contributed by atoms with Gasteiger partial charge in [-0.15, -0.1) is 0 Å². The van der Waals surface area contributed by atoms with Crippen LogP contribution in [0.2, 0.25) is 5.02 Å². The summed E-state index contributed by atoms with van der Waals surface area (Å²) in [5.74, 6) is 0. The number of hydrogen-bond donors (Lipinski definition) is 2. The molecule has 4 nitrogen and oxygen atoms in total. The van der Waals surface area contributed by atoms with Crippen LogP contribution in [0.25, 0.3) is 0 Å². The monoisotopic (exact) mass is 187 g/mol. The molecule has 2 heterocycles. The second kappa shape index (κ2) is 2.45. The Balaban J connectivity index is 2.44. The molecule has 2 rings (SSSR count). The van der Waals surface area contributed by atoms with Crippen LogP contribution in [-0.4, -0.2) is 28.0 Å². The fourth-order valence-electron chi connectivity index (χ4n) is 1.46. The lowest BCUT2D eigenvalue weighted by Crippen LogP contribution is -2.57. The first-order chi connectivity index (χ1) is 5.63. The molecule has 5 heteroatoms. The second-order valence-electron chi connectivity index (χ2n) is 3.10. The highest BCUT2D eigenvalue weighted by Gasteiger charge is 2.40. The van der Waals surface area contributed by atoms with Gasteiger partial charge in [0.15, 0.2) is 0 Å². The van der Waals surface area contributed by atoms with Crippen LogP contribution in [0.15, 0.2) is 6.20 Å². The lowest BCUT2D eigenvalue weighted by molar-refractivity contribution is -0.0216. The number of aryl methyl sites for hydroxylation is 1. The predicted octanol–water partition coefficient (Wildman–Crippen LogP) is -0.136. The number of hydrogen-bond acceptors (Lipinski definition) is 3. The maximum Gasteiger partial charge on any atom is 0.132 e. The molecule has 0 saturated carbocycles. The standard InChI is InChI=1S/C7H10ClN3O/c1-11-6(5(8)2-10-11)7(12)3-9-4-7/h2,9,12H,3-4H2,1H3. The Kier molecular flexibility index (Phi) is 1.64. The van der Waals surface area contributed by atoms with Gasteiger partial charge in [0.25, 0.3) is 0 Å². The van der Waals surface area contributed by atoms with E-state index in [0.717, 1.165) is 0 Å². The molecule has 0 aromatic carbocycles. The molecule has 1 fully saturated rings. The Hall–Kier alpha value is -0.580. The normalized spacial score (nSPS) is 20.6. The summed E-state index contributed by atoms with van der Waals surface area (Å²) < 4.78 is 1.61. The van der Waals surface area contributed by atoms with Crippen LogP contribution in [0.4, 0.5) is 0 Å². The highest BCUT2D eigenvalue weighted by Crippen LogP contribution is 2.30. The van der Waals surface area contributed by atoms with Gasteiger partial charge in [-0.1, -0.05) is 11.6 Å². The number of nitrogens with zero attached hydrogens (tertiary/aromatic N) is 2. The zero-order valence-electron chi connectivity index (χ0n) is 6.71. The smallest absolute Gasteiger partial charge is 0.132 e. The van der Waals surface area contributed by atoms with Crippen molar-refractivity contribution in [3.8, 4) is 0 Å². The molecule has 0 atom stereocenters. The van der Waals surface area contributed by atoms with E-state index in [1.54, 1.807) is 17.9 Å². The first kappa shape index (κ1) is 8.04. The summed E-state index contributed by atoms with van der Waals surface area (Å²) in [5, 5.41) is 17.4. The Labute approximate surface area is 75.1 Å². The molecule has 0 radical (unpaired) electrons. The molecule has 2 N–H and O–H groups in total. The third-order valence-electron chi connectivity index (χ3n) is 2.17. The van der Waals surface area contributed by atoms with Gasteiger partial charge in [0.2, 0.25) is 0 Å². The van der Waals surface area contributed by atoms with Gasteiger partial charge < -0.3 is 10.4 Å². The molecule has 1 saturated heterocycles. The van der Waals surface area contributed by atoms with Crippen LogP contribution in [0.1, 0.15) is 5.69 Å². The molecule has 12 heavy (non-hydrogen) atoms. The van der Waals surface area contributed by atoms with Crippen molar-refractivity contribution in [1.82, 2.24) is 15.1 Å².